The van der Waals surface area contributed by atoms with Crippen molar-refractivity contribution in [2.24, 2.45) is 11.7 Å². The van der Waals surface area contributed by atoms with Crippen LogP contribution in [0.5, 0.6) is 0 Å². The predicted molar refractivity (Wildman–Crippen MR) is 115 cm³/mol. The lowest BCUT2D eigenvalue weighted by Gasteiger charge is -2.24. The third kappa shape index (κ3) is 7.00. The summed E-state index contributed by atoms with van der Waals surface area (Å²) >= 11 is 0. The van der Waals surface area contributed by atoms with E-state index in [0.29, 0.717) is 6.42 Å². The Balaban J connectivity index is 2.13. The molecule has 0 saturated carbocycles. The van der Waals surface area contributed by atoms with Crippen LogP contribution in [-0.4, -0.2) is 41.0 Å². The zero-order valence-corrected chi connectivity index (χ0v) is 17.2. The summed E-state index contributed by atoms with van der Waals surface area (Å²) in [5.74, 6) is -2.45. The van der Waals surface area contributed by atoms with Gasteiger partial charge in [-0.1, -0.05) is 74.5 Å². The summed E-state index contributed by atoms with van der Waals surface area (Å²) in [5.41, 5.74) is 7.80. The van der Waals surface area contributed by atoms with E-state index in [0.717, 1.165) is 11.1 Å². The molecule has 0 fully saturated rings. The smallest absolute Gasteiger partial charge is 0.326 e. The summed E-state index contributed by atoms with van der Waals surface area (Å²) < 4.78 is 0. The number of carbonyl (C=O) groups excluding carboxylic acids is 2. The Morgan fingerprint density at radius 2 is 1.33 bits per heavy atom. The summed E-state index contributed by atoms with van der Waals surface area (Å²) in [6, 6.07) is 15.7. The zero-order chi connectivity index (χ0) is 22.1. The Hall–Kier alpha value is -3.19. The maximum atomic E-state index is 12.9. The number of hydrogen-bond acceptors (Lipinski definition) is 4. The molecular formula is C23H29N3O4. The maximum absolute atomic E-state index is 12.9. The molecule has 5 N–H and O–H groups in total. The summed E-state index contributed by atoms with van der Waals surface area (Å²) in [5, 5.41) is 14.6. The maximum Gasteiger partial charge on any atom is 0.326 e. The van der Waals surface area contributed by atoms with Crippen LogP contribution in [0.15, 0.2) is 60.7 Å². The van der Waals surface area contributed by atoms with Gasteiger partial charge in [0.1, 0.15) is 12.1 Å². The number of carboxylic acid groups (broad SMARTS) is 1. The van der Waals surface area contributed by atoms with Crippen LogP contribution in [-0.2, 0) is 27.2 Å². The molecule has 2 amide bonds. The van der Waals surface area contributed by atoms with Gasteiger partial charge in [-0.2, -0.15) is 0 Å². The predicted octanol–water partition coefficient (Wildman–Crippen LogP) is 1.51. The van der Waals surface area contributed by atoms with E-state index in [1.165, 1.54) is 0 Å². The van der Waals surface area contributed by atoms with E-state index in [9.17, 15) is 19.5 Å². The number of amides is 2. The van der Waals surface area contributed by atoms with Crippen LogP contribution < -0.4 is 16.4 Å². The molecule has 7 nitrogen and oxygen atoms in total. The summed E-state index contributed by atoms with van der Waals surface area (Å²) in [4.78, 5) is 37.0. The van der Waals surface area contributed by atoms with Crippen LogP contribution in [0.3, 0.4) is 0 Å². The van der Waals surface area contributed by atoms with E-state index in [4.69, 9.17) is 5.73 Å². The van der Waals surface area contributed by atoms with Crippen molar-refractivity contribution in [2.45, 2.75) is 44.8 Å². The van der Waals surface area contributed by atoms with Crippen molar-refractivity contribution in [3.05, 3.63) is 71.8 Å². The highest BCUT2D eigenvalue weighted by atomic mass is 16.4. The number of hydrogen-bond donors (Lipinski definition) is 4. The van der Waals surface area contributed by atoms with E-state index in [1.54, 1.807) is 13.8 Å². The summed E-state index contributed by atoms with van der Waals surface area (Å²) in [6.45, 7) is 3.42. The summed E-state index contributed by atoms with van der Waals surface area (Å²) in [6.07, 6.45) is 0.553. The van der Waals surface area contributed by atoms with Crippen LogP contribution in [0.1, 0.15) is 25.0 Å². The van der Waals surface area contributed by atoms with Gasteiger partial charge in [-0.25, -0.2) is 4.79 Å². The van der Waals surface area contributed by atoms with Crippen molar-refractivity contribution in [2.75, 3.05) is 0 Å². The first-order chi connectivity index (χ1) is 14.3. The highest BCUT2D eigenvalue weighted by Crippen LogP contribution is 2.08. The van der Waals surface area contributed by atoms with Gasteiger partial charge in [-0.3, -0.25) is 9.59 Å². The highest BCUT2D eigenvalue weighted by Gasteiger charge is 2.29. The fourth-order valence-corrected chi connectivity index (χ4v) is 3.07. The quantitative estimate of drug-likeness (QED) is 0.472. The summed E-state index contributed by atoms with van der Waals surface area (Å²) in [7, 11) is 0. The molecule has 2 rings (SSSR count). The average molecular weight is 412 g/mol. The normalized spacial score (nSPS) is 13.9. The molecule has 3 atom stereocenters. The lowest BCUT2D eigenvalue weighted by molar-refractivity contribution is -0.143. The van der Waals surface area contributed by atoms with Crippen molar-refractivity contribution in [1.82, 2.24) is 10.6 Å². The second-order valence-corrected chi connectivity index (χ2v) is 7.62. The van der Waals surface area contributed by atoms with Gasteiger partial charge < -0.3 is 21.5 Å². The molecule has 0 saturated heterocycles. The Labute approximate surface area is 176 Å². The first-order valence-electron chi connectivity index (χ1n) is 9.95. The topological polar surface area (TPSA) is 122 Å². The highest BCUT2D eigenvalue weighted by molar-refractivity contribution is 5.92. The minimum absolute atomic E-state index is 0.223. The number of carboxylic acids is 1. The van der Waals surface area contributed by atoms with E-state index < -0.39 is 35.9 Å². The second kappa shape index (κ2) is 11.1. The van der Waals surface area contributed by atoms with E-state index in [1.807, 2.05) is 60.7 Å². The van der Waals surface area contributed by atoms with E-state index >= 15 is 0 Å². The lowest BCUT2D eigenvalue weighted by atomic mass is 10.0. The molecule has 0 aliphatic carbocycles. The molecule has 0 heterocycles. The van der Waals surface area contributed by atoms with Gasteiger partial charge in [0.2, 0.25) is 11.8 Å². The van der Waals surface area contributed by atoms with E-state index in [2.05, 4.69) is 10.6 Å². The number of carbonyl (C=O) groups is 3. The van der Waals surface area contributed by atoms with Crippen molar-refractivity contribution in [3.63, 3.8) is 0 Å². The molecule has 7 heteroatoms. The molecule has 0 bridgehead atoms. The van der Waals surface area contributed by atoms with E-state index in [-0.39, 0.29) is 12.3 Å². The van der Waals surface area contributed by atoms with Crippen LogP contribution >= 0.6 is 0 Å². The third-order valence-electron chi connectivity index (χ3n) is 4.78. The number of nitrogens with two attached hydrogens (primary N) is 1. The Morgan fingerprint density at radius 3 is 1.80 bits per heavy atom. The van der Waals surface area contributed by atoms with Gasteiger partial charge in [-0.05, 0) is 23.5 Å². The molecular weight excluding hydrogens is 382 g/mol. The fourth-order valence-electron chi connectivity index (χ4n) is 3.07. The Bertz CT molecular complexity index is 840. The number of rotatable bonds is 10. The monoisotopic (exact) mass is 411 g/mol. The molecule has 0 spiro atoms. The molecule has 2 aromatic rings. The first kappa shape index (κ1) is 23.1. The first-order valence-corrected chi connectivity index (χ1v) is 9.95. The molecule has 160 valence electrons. The minimum Gasteiger partial charge on any atom is -0.480 e. The molecule has 0 aliphatic heterocycles. The standard InChI is InChI=1S/C23H29N3O4/c1-15(2)20(23(29)30)26-22(28)19(14-17-11-7-4-8-12-17)25-21(27)18(24)13-16-9-5-3-6-10-16/h3-12,15,18-20H,13-14,24H2,1-2H3,(H,25,27)(H,26,28)(H,29,30)/t18-,19-,20+/m1/s1. The largest absolute Gasteiger partial charge is 0.480 e. The zero-order valence-electron chi connectivity index (χ0n) is 17.2. The molecule has 0 radical (unpaired) electrons. The fraction of sp³-hybridized carbons (Fsp3) is 0.348. The number of nitrogens with one attached hydrogen (secondary N) is 2. The molecule has 0 aromatic heterocycles. The molecule has 30 heavy (non-hydrogen) atoms. The van der Waals surface area contributed by atoms with Crippen LogP contribution in [0.2, 0.25) is 0 Å². The lowest BCUT2D eigenvalue weighted by Crippen LogP contribution is -2.56. The average Bonchev–Trinajstić information content (AvgIpc) is 2.72. The van der Waals surface area contributed by atoms with Crippen LogP contribution in [0, 0.1) is 5.92 Å². The van der Waals surface area contributed by atoms with Gasteiger partial charge in [0.05, 0.1) is 6.04 Å². The van der Waals surface area contributed by atoms with Crippen molar-refractivity contribution in [3.8, 4) is 0 Å². The molecule has 2 aromatic carbocycles. The van der Waals surface area contributed by atoms with Crippen molar-refractivity contribution in [1.29, 1.82) is 0 Å². The van der Waals surface area contributed by atoms with Crippen molar-refractivity contribution >= 4 is 17.8 Å². The number of aliphatic carboxylic acids is 1. The van der Waals surface area contributed by atoms with Gasteiger partial charge in [-0.15, -0.1) is 0 Å². The van der Waals surface area contributed by atoms with Gasteiger partial charge in [0.15, 0.2) is 0 Å². The number of benzene rings is 2. The van der Waals surface area contributed by atoms with Gasteiger partial charge in [0.25, 0.3) is 0 Å². The van der Waals surface area contributed by atoms with Gasteiger partial charge >= 0.3 is 5.97 Å². The van der Waals surface area contributed by atoms with Crippen LogP contribution in [0.25, 0.3) is 0 Å². The minimum atomic E-state index is -1.12. The van der Waals surface area contributed by atoms with Crippen LogP contribution in [0.4, 0.5) is 0 Å². The Morgan fingerprint density at radius 1 is 0.833 bits per heavy atom. The SMILES string of the molecule is CC(C)[C@H](NC(=O)[C@@H](Cc1ccccc1)NC(=O)[C@H](N)Cc1ccccc1)C(=O)O. The second-order valence-electron chi connectivity index (χ2n) is 7.62. The van der Waals surface area contributed by atoms with Crippen molar-refractivity contribution < 1.29 is 19.5 Å². The van der Waals surface area contributed by atoms with Gasteiger partial charge in [0, 0.05) is 6.42 Å². The molecule has 0 unspecified atom stereocenters. The molecule has 0 aliphatic rings. The third-order valence-corrected chi connectivity index (χ3v) is 4.78. The Kier molecular flexibility index (Phi) is 8.55.